The summed E-state index contributed by atoms with van der Waals surface area (Å²) in [5, 5.41) is 3.46. The zero-order valence-corrected chi connectivity index (χ0v) is 11.3. The maximum atomic E-state index is 3.46. The molecule has 0 bridgehead atoms. The molecule has 1 aromatic rings. The van der Waals surface area contributed by atoms with Gasteiger partial charge in [0.1, 0.15) is 0 Å². The normalized spacial score (nSPS) is 26.1. The molecule has 0 radical (unpaired) electrons. The van der Waals surface area contributed by atoms with E-state index in [0.29, 0.717) is 5.54 Å². The highest BCUT2D eigenvalue weighted by Crippen LogP contribution is 2.21. The lowest BCUT2D eigenvalue weighted by Crippen LogP contribution is -2.53. The van der Waals surface area contributed by atoms with Crippen LogP contribution in [0.1, 0.15) is 30.9 Å². The lowest BCUT2D eigenvalue weighted by Gasteiger charge is -2.40. The fourth-order valence-corrected chi connectivity index (χ4v) is 2.64. The van der Waals surface area contributed by atoms with Gasteiger partial charge in [0.2, 0.25) is 0 Å². The maximum Gasteiger partial charge on any atom is 0.0278 e. The van der Waals surface area contributed by atoms with Gasteiger partial charge in [-0.2, -0.15) is 0 Å². The Hall–Kier alpha value is -0.860. The minimum Gasteiger partial charge on any atom is -0.313 e. The van der Waals surface area contributed by atoms with E-state index >= 15 is 0 Å². The van der Waals surface area contributed by atoms with E-state index in [9.17, 15) is 0 Å². The minimum absolute atomic E-state index is 0.295. The van der Waals surface area contributed by atoms with Gasteiger partial charge in [-0.05, 0) is 45.8 Å². The van der Waals surface area contributed by atoms with Crippen molar-refractivity contribution in [2.24, 2.45) is 0 Å². The molecule has 0 saturated carbocycles. The molecule has 2 rings (SSSR count). The molecule has 1 unspecified atom stereocenters. The number of benzene rings is 1. The van der Waals surface area contributed by atoms with Crippen molar-refractivity contribution in [2.45, 2.75) is 38.8 Å². The summed E-state index contributed by atoms with van der Waals surface area (Å²) in [5.41, 5.74) is 3.06. The molecule has 94 valence electrons. The molecule has 2 nitrogen and oxygen atoms in total. The van der Waals surface area contributed by atoms with Crippen molar-refractivity contribution < 1.29 is 0 Å². The Morgan fingerprint density at radius 2 is 2.00 bits per heavy atom. The summed E-state index contributed by atoms with van der Waals surface area (Å²) >= 11 is 0. The monoisotopic (exact) mass is 232 g/mol. The predicted octanol–water partition coefficient (Wildman–Crippen LogP) is 2.57. The highest BCUT2D eigenvalue weighted by molar-refractivity contribution is 5.21. The van der Waals surface area contributed by atoms with Crippen LogP contribution in [0.3, 0.4) is 0 Å². The quantitative estimate of drug-likeness (QED) is 0.861. The van der Waals surface area contributed by atoms with Crippen LogP contribution in [0.25, 0.3) is 0 Å². The van der Waals surface area contributed by atoms with Crippen LogP contribution in [0.2, 0.25) is 0 Å². The summed E-state index contributed by atoms with van der Waals surface area (Å²) < 4.78 is 0. The van der Waals surface area contributed by atoms with Crippen molar-refractivity contribution in [3.8, 4) is 0 Å². The van der Waals surface area contributed by atoms with Crippen LogP contribution in [0.5, 0.6) is 0 Å². The first-order chi connectivity index (χ1) is 8.11. The summed E-state index contributed by atoms with van der Waals surface area (Å²) in [6.07, 6.45) is 2.58. The Morgan fingerprint density at radius 1 is 1.29 bits per heavy atom. The molecule has 1 aromatic carbocycles. The van der Waals surface area contributed by atoms with Gasteiger partial charge in [0.15, 0.2) is 0 Å². The molecule has 0 amide bonds. The van der Waals surface area contributed by atoms with E-state index in [-0.39, 0.29) is 0 Å². The molecule has 1 N–H and O–H groups in total. The van der Waals surface area contributed by atoms with Crippen LogP contribution in [-0.4, -0.2) is 30.6 Å². The second-order valence-corrected chi connectivity index (χ2v) is 5.61. The third-order valence-electron chi connectivity index (χ3n) is 3.91. The molecule has 1 saturated heterocycles. The number of hydrogen-bond acceptors (Lipinski definition) is 2. The SMILES string of the molecule is CNC1(C)CCCN(Cc2ccc(C)cc2)C1. The second-order valence-electron chi connectivity index (χ2n) is 5.61. The molecule has 1 atom stereocenters. The molecule has 0 spiro atoms. The highest BCUT2D eigenvalue weighted by Gasteiger charge is 2.28. The Bertz CT molecular complexity index is 358. The number of likely N-dealkylation sites (tertiary alicyclic amines) is 1. The smallest absolute Gasteiger partial charge is 0.0278 e. The molecule has 1 fully saturated rings. The average molecular weight is 232 g/mol. The third kappa shape index (κ3) is 3.30. The first kappa shape index (κ1) is 12.6. The molecule has 2 heteroatoms. The van der Waals surface area contributed by atoms with Gasteiger partial charge in [0.25, 0.3) is 0 Å². The topological polar surface area (TPSA) is 15.3 Å². The Morgan fingerprint density at radius 3 is 2.65 bits per heavy atom. The number of aryl methyl sites for hydroxylation is 1. The predicted molar refractivity (Wildman–Crippen MR) is 73.2 cm³/mol. The van der Waals surface area contributed by atoms with Crippen molar-refractivity contribution in [3.63, 3.8) is 0 Å². The number of rotatable bonds is 3. The first-order valence-corrected chi connectivity index (χ1v) is 6.58. The van der Waals surface area contributed by atoms with E-state index in [0.717, 1.165) is 13.1 Å². The van der Waals surface area contributed by atoms with Gasteiger partial charge in [-0.25, -0.2) is 0 Å². The fraction of sp³-hybridized carbons (Fsp3) is 0.600. The number of nitrogens with zero attached hydrogens (tertiary/aromatic N) is 1. The van der Waals surface area contributed by atoms with Gasteiger partial charge in [-0.3, -0.25) is 4.90 Å². The van der Waals surface area contributed by atoms with Crippen molar-refractivity contribution in [2.75, 3.05) is 20.1 Å². The van der Waals surface area contributed by atoms with E-state index in [1.165, 1.54) is 30.5 Å². The molecule has 1 heterocycles. The summed E-state index contributed by atoms with van der Waals surface area (Å²) in [5.74, 6) is 0. The summed E-state index contributed by atoms with van der Waals surface area (Å²) in [6.45, 7) is 7.93. The van der Waals surface area contributed by atoms with Crippen molar-refractivity contribution in [1.82, 2.24) is 10.2 Å². The van der Waals surface area contributed by atoms with Crippen molar-refractivity contribution in [1.29, 1.82) is 0 Å². The van der Waals surface area contributed by atoms with Gasteiger partial charge in [-0.1, -0.05) is 29.8 Å². The van der Waals surface area contributed by atoms with E-state index in [4.69, 9.17) is 0 Å². The largest absolute Gasteiger partial charge is 0.313 e. The zero-order valence-electron chi connectivity index (χ0n) is 11.3. The summed E-state index contributed by atoms with van der Waals surface area (Å²) in [6, 6.07) is 8.91. The molecule has 0 aromatic heterocycles. The molecular weight excluding hydrogens is 208 g/mol. The van der Waals surface area contributed by atoms with Crippen LogP contribution < -0.4 is 5.32 Å². The van der Waals surface area contributed by atoms with Gasteiger partial charge >= 0.3 is 0 Å². The lowest BCUT2D eigenvalue weighted by molar-refractivity contribution is 0.133. The highest BCUT2D eigenvalue weighted by atomic mass is 15.2. The van der Waals surface area contributed by atoms with Crippen LogP contribution in [0.4, 0.5) is 0 Å². The first-order valence-electron chi connectivity index (χ1n) is 6.58. The third-order valence-corrected chi connectivity index (χ3v) is 3.91. The summed E-state index contributed by atoms with van der Waals surface area (Å²) in [4.78, 5) is 2.56. The molecule has 0 aliphatic carbocycles. The second kappa shape index (κ2) is 5.19. The molecule has 1 aliphatic rings. The van der Waals surface area contributed by atoms with E-state index in [2.05, 4.69) is 55.4 Å². The van der Waals surface area contributed by atoms with Crippen LogP contribution in [-0.2, 0) is 6.54 Å². The average Bonchev–Trinajstić information content (AvgIpc) is 2.32. The van der Waals surface area contributed by atoms with Gasteiger partial charge in [0.05, 0.1) is 0 Å². The number of piperidine rings is 1. The maximum absolute atomic E-state index is 3.46. The van der Waals surface area contributed by atoms with Crippen molar-refractivity contribution >= 4 is 0 Å². The molecular formula is C15H24N2. The zero-order chi connectivity index (χ0) is 12.3. The standard InChI is InChI=1S/C15H24N2/c1-13-5-7-14(8-6-13)11-17-10-4-9-15(2,12-17)16-3/h5-8,16H,4,9-12H2,1-3H3. The van der Waals surface area contributed by atoms with Crippen LogP contribution >= 0.6 is 0 Å². The summed E-state index contributed by atoms with van der Waals surface area (Å²) in [7, 11) is 2.08. The minimum atomic E-state index is 0.295. The Labute approximate surface area is 105 Å². The van der Waals surface area contributed by atoms with Gasteiger partial charge < -0.3 is 5.32 Å². The molecule has 1 aliphatic heterocycles. The Balaban J connectivity index is 1.97. The van der Waals surface area contributed by atoms with E-state index in [1.54, 1.807) is 0 Å². The van der Waals surface area contributed by atoms with Crippen molar-refractivity contribution in [3.05, 3.63) is 35.4 Å². The number of hydrogen-bond donors (Lipinski definition) is 1. The van der Waals surface area contributed by atoms with Crippen LogP contribution in [0.15, 0.2) is 24.3 Å². The lowest BCUT2D eigenvalue weighted by atomic mass is 9.91. The Kier molecular flexibility index (Phi) is 3.85. The number of nitrogens with one attached hydrogen (secondary N) is 1. The van der Waals surface area contributed by atoms with E-state index in [1.807, 2.05) is 0 Å². The van der Waals surface area contributed by atoms with Crippen LogP contribution in [0, 0.1) is 6.92 Å². The molecule has 17 heavy (non-hydrogen) atoms. The fourth-order valence-electron chi connectivity index (χ4n) is 2.64. The van der Waals surface area contributed by atoms with Gasteiger partial charge in [-0.15, -0.1) is 0 Å². The van der Waals surface area contributed by atoms with Gasteiger partial charge in [0, 0.05) is 18.6 Å². The number of likely N-dealkylation sites (N-methyl/N-ethyl adjacent to an activating group) is 1. The van der Waals surface area contributed by atoms with E-state index < -0.39 is 0 Å².